The third-order valence-electron chi connectivity index (χ3n) is 2.46. The highest BCUT2D eigenvalue weighted by molar-refractivity contribution is 5.28. The first-order valence-corrected chi connectivity index (χ1v) is 6.29. The van der Waals surface area contributed by atoms with E-state index in [0.717, 1.165) is 0 Å². The summed E-state index contributed by atoms with van der Waals surface area (Å²) in [6.07, 6.45) is 0.416. The molecular weight excluding hydrogens is 235 g/mol. The smallest absolute Gasteiger partial charge is 0.160 e. The number of hydrogen-bond acceptors (Lipinski definition) is 3. The van der Waals surface area contributed by atoms with Gasteiger partial charge in [-0.2, -0.15) is 0 Å². The van der Waals surface area contributed by atoms with Gasteiger partial charge in [-0.1, -0.05) is 0 Å². The standard InChI is InChI=1S/C14H21FO3/c1-4-16-14(17-5-2)8-9-18-12-6-7-13(15)11(3)10-12/h6-7,10,14H,4-5,8-9H2,1-3H3. The van der Waals surface area contributed by atoms with Crippen molar-refractivity contribution in [3.63, 3.8) is 0 Å². The molecule has 18 heavy (non-hydrogen) atoms. The molecule has 1 rings (SSSR count). The van der Waals surface area contributed by atoms with Gasteiger partial charge >= 0.3 is 0 Å². The summed E-state index contributed by atoms with van der Waals surface area (Å²) in [5.41, 5.74) is 0.582. The Labute approximate surface area is 108 Å². The molecule has 0 saturated carbocycles. The first kappa shape index (κ1) is 14.9. The number of halogens is 1. The predicted molar refractivity (Wildman–Crippen MR) is 68.3 cm³/mol. The number of rotatable bonds is 8. The summed E-state index contributed by atoms with van der Waals surface area (Å²) in [6.45, 7) is 7.27. The minimum absolute atomic E-state index is 0.219. The second-order valence-corrected chi connectivity index (χ2v) is 3.89. The van der Waals surface area contributed by atoms with Crippen molar-refractivity contribution in [3.8, 4) is 5.75 Å². The summed E-state index contributed by atoms with van der Waals surface area (Å²) in [5, 5.41) is 0. The van der Waals surface area contributed by atoms with Crippen LogP contribution in [-0.2, 0) is 9.47 Å². The Morgan fingerprint density at radius 1 is 1.17 bits per heavy atom. The lowest BCUT2D eigenvalue weighted by atomic mass is 10.2. The maximum absolute atomic E-state index is 13.1. The molecule has 0 radical (unpaired) electrons. The molecule has 4 heteroatoms. The van der Waals surface area contributed by atoms with Gasteiger partial charge in [0.25, 0.3) is 0 Å². The summed E-state index contributed by atoms with van der Waals surface area (Å²) in [7, 11) is 0. The van der Waals surface area contributed by atoms with E-state index in [4.69, 9.17) is 14.2 Å². The maximum atomic E-state index is 13.1. The van der Waals surface area contributed by atoms with Crippen molar-refractivity contribution < 1.29 is 18.6 Å². The minimum atomic E-state index is -0.235. The molecule has 0 N–H and O–H groups in total. The Balaban J connectivity index is 2.37. The van der Waals surface area contributed by atoms with Crippen molar-refractivity contribution in [3.05, 3.63) is 29.6 Å². The zero-order valence-corrected chi connectivity index (χ0v) is 11.2. The summed E-state index contributed by atoms with van der Waals surface area (Å²) in [5.74, 6) is 0.449. The molecule has 0 saturated heterocycles. The Bertz CT molecular complexity index is 349. The fraction of sp³-hybridized carbons (Fsp3) is 0.571. The van der Waals surface area contributed by atoms with Gasteiger partial charge in [-0.05, 0) is 44.5 Å². The highest BCUT2D eigenvalue weighted by atomic mass is 19.1. The van der Waals surface area contributed by atoms with Crippen molar-refractivity contribution in [2.45, 2.75) is 33.5 Å². The van der Waals surface area contributed by atoms with Crippen LogP contribution in [-0.4, -0.2) is 26.1 Å². The largest absolute Gasteiger partial charge is 0.493 e. The SMILES string of the molecule is CCOC(CCOc1ccc(F)c(C)c1)OCC. The molecule has 3 nitrogen and oxygen atoms in total. The highest BCUT2D eigenvalue weighted by Crippen LogP contribution is 2.16. The van der Waals surface area contributed by atoms with Gasteiger partial charge in [0.05, 0.1) is 6.61 Å². The number of hydrogen-bond donors (Lipinski definition) is 0. The van der Waals surface area contributed by atoms with Crippen LogP contribution in [0, 0.1) is 12.7 Å². The van der Waals surface area contributed by atoms with E-state index in [1.165, 1.54) is 6.07 Å². The average Bonchev–Trinajstić information content (AvgIpc) is 2.34. The van der Waals surface area contributed by atoms with Crippen LogP contribution in [0.15, 0.2) is 18.2 Å². The molecule has 1 aromatic carbocycles. The zero-order valence-electron chi connectivity index (χ0n) is 11.2. The number of ether oxygens (including phenoxy) is 3. The molecule has 0 unspecified atom stereocenters. The number of aryl methyl sites for hydroxylation is 1. The van der Waals surface area contributed by atoms with Crippen molar-refractivity contribution in [2.24, 2.45) is 0 Å². The van der Waals surface area contributed by atoms with E-state index in [1.54, 1.807) is 19.1 Å². The van der Waals surface area contributed by atoms with Crippen LogP contribution in [0.25, 0.3) is 0 Å². The Hall–Kier alpha value is -1.13. The van der Waals surface area contributed by atoms with Gasteiger partial charge < -0.3 is 14.2 Å². The fourth-order valence-corrected chi connectivity index (χ4v) is 1.57. The quantitative estimate of drug-likeness (QED) is 0.668. The monoisotopic (exact) mass is 256 g/mol. The summed E-state index contributed by atoms with van der Waals surface area (Å²) in [4.78, 5) is 0. The Morgan fingerprint density at radius 2 is 1.83 bits per heavy atom. The first-order valence-electron chi connectivity index (χ1n) is 6.29. The van der Waals surface area contributed by atoms with Crippen molar-refractivity contribution >= 4 is 0 Å². The van der Waals surface area contributed by atoms with Crippen LogP contribution >= 0.6 is 0 Å². The first-order chi connectivity index (χ1) is 8.67. The zero-order chi connectivity index (χ0) is 13.4. The molecule has 0 heterocycles. The van der Waals surface area contributed by atoms with E-state index in [2.05, 4.69) is 0 Å². The van der Waals surface area contributed by atoms with Gasteiger partial charge in [0.15, 0.2) is 6.29 Å². The van der Waals surface area contributed by atoms with Crippen molar-refractivity contribution in [2.75, 3.05) is 19.8 Å². The van der Waals surface area contributed by atoms with Gasteiger partial charge in [0.1, 0.15) is 11.6 Å². The summed E-state index contributed by atoms with van der Waals surface area (Å²) >= 11 is 0. The van der Waals surface area contributed by atoms with E-state index < -0.39 is 0 Å². The van der Waals surface area contributed by atoms with Gasteiger partial charge in [-0.25, -0.2) is 4.39 Å². The molecule has 102 valence electrons. The second-order valence-electron chi connectivity index (χ2n) is 3.89. The Morgan fingerprint density at radius 3 is 2.39 bits per heavy atom. The van der Waals surface area contributed by atoms with E-state index in [0.29, 0.717) is 37.6 Å². The lowest BCUT2D eigenvalue weighted by molar-refractivity contribution is -0.142. The highest BCUT2D eigenvalue weighted by Gasteiger charge is 2.08. The maximum Gasteiger partial charge on any atom is 0.160 e. The lowest BCUT2D eigenvalue weighted by Gasteiger charge is -2.17. The van der Waals surface area contributed by atoms with E-state index in [9.17, 15) is 4.39 Å². The van der Waals surface area contributed by atoms with Crippen LogP contribution in [0.5, 0.6) is 5.75 Å². The van der Waals surface area contributed by atoms with Crippen LogP contribution in [0.4, 0.5) is 4.39 Å². The topological polar surface area (TPSA) is 27.7 Å². The van der Waals surface area contributed by atoms with Gasteiger partial charge in [0.2, 0.25) is 0 Å². The Kier molecular flexibility index (Phi) is 6.68. The summed E-state index contributed by atoms with van der Waals surface area (Å²) < 4.78 is 29.4. The lowest BCUT2D eigenvalue weighted by Crippen LogP contribution is -2.20. The molecule has 0 atom stereocenters. The molecule has 0 aliphatic heterocycles. The van der Waals surface area contributed by atoms with Crippen molar-refractivity contribution in [1.82, 2.24) is 0 Å². The molecule has 0 bridgehead atoms. The van der Waals surface area contributed by atoms with Crippen LogP contribution in [0.3, 0.4) is 0 Å². The van der Waals surface area contributed by atoms with Crippen molar-refractivity contribution in [1.29, 1.82) is 0 Å². The molecule has 0 aliphatic rings. The molecule has 0 amide bonds. The van der Waals surface area contributed by atoms with Crippen LogP contribution in [0.2, 0.25) is 0 Å². The average molecular weight is 256 g/mol. The third kappa shape index (κ3) is 5.02. The number of benzene rings is 1. The minimum Gasteiger partial charge on any atom is -0.493 e. The molecule has 0 fully saturated rings. The molecule has 0 spiro atoms. The molecular formula is C14H21FO3. The van der Waals surface area contributed by atoms with E-state index in [1.807, 2.05) is 13.8 Å². The van der Waals surface area contributed by atoms with Crippen LogP contribution in [0.1, 0.15) is 25.8 Å². The second kappa shape index (κ2) is 8.06. The summed E-state index contributed by atoms with van der Waals surface area (Å²) in [6, 6.07) is 4.72. The third-order valence-corrected chi connectivity index (χ3v) is 2.46. The predicted octanol–water partition coefficient (Wildman–Crippen LogP) is 3.30. The van der Waals surface area contributed by atoms with E-state index >= 15 is 0 Å². The van der Waals surface area contributed by atoms with Gasteiger partial charge in [0, 0.05) is 19.6 Å². The fourth-order valence-electron chi connectivity index (χ4n) is 1.57. The van der Waals surface area contributed by atoms with E-state index in [-0.39, 0.29) is 12.1 Å². The van der Waals surface area contributed by atoms with Gasteiger partial charge in [-0.15, -0.1) is 0 Å². The molecule has 0 aromatic heterocycles. The molecule has 0 aliphatic carbocycles. The molecule has 1 aromatic rings. The van der Waals surface area contributed by atoms with Gasteiger partial charge in [-0.3, -0.25) is 0 Å². The normalized spacial score (nSPS) is 10.9. The van der Waals surface area contributed by atoms with Crippen LogP contribution < -0.4 is 4.74 Å².